The van der Waals surface area contributed by atoms with Crippen molar-refractivity contribution in [3.8, 4) is 0 Å². The number of fused-ring (bicyclic) bond motifs is 1. The highest BCUT2D eigenvalue weighted by atomic mass is 16.1. The molecule has 0 aliphatic rings. The van der Waals surface area contributed by atoms with Crippen LogP contribution in [0.3, 0.4) is 0 Å². The van der Waals surface area contributed by atoms with Gasteiger partial charge in [-0.2, -0.15) is 4.98 Å². The molecule has 0 unspecified atom stereocenters. The van der Waals surface area contributed by atoms with E-state index < -0.39 is 0 Å². The lowest BCUT2D eigenvalue weighted by atomic mass is 10.5. The third-order valence-electron chi connectivity index (χ3n) is 1.71. The summed E-state index contributed by atoms with van der Waals surface area (Å²) in [4.78, 5) is 21.6. The minimum Gasteiger partial charge on any atom is -0.318 e. The van der Waals surface area contributed by atoms with Gasteiger partial charge in [-0.05, 0) is 0 Å². The van der Waals surface area contributed by atoms with Gasteiger partial charge < -0.3 is 4.57 Å². The number of rotatable bonds is 1. The Balaban J connectivity index is 2.88. The molecule has 4 N–H and O–H groups in total. The molecule has 7 heteroatoms. The first kappa shape index (κ1) is 7.74. The molecule has 13 heavy (non-hydrogen) atoms. The number of hydrogen-bond acceptors (Lipinski definition) is 5. The first-order chi connectivity index (χ1) is 6.22. The topological polar surface area (TPSA) is 102 Å². The van der Waals surface area contributed by atoms with Crippen molar-refractivity contribution in [2.75, 3.05) is 5.43 Å². The fourth-order valence-electron chi connectivity index (χ4n) is 1.08. The molecule has 0 saturated carbocycles. The van der Waals surface area contributed by atoms with Gasteiger partial charge in [0, 0.05) is 7.05 Å². The second-order valence-electron chi connectivity index (χ2n) is 2.59. The Morgan fingerprint density at radius 1 is 1.69 bits per heavy atom. The van der Waals surface area contributed by atoms with E-state index >= 15 is 0 Å². The van der Waals surface area contributed by atoms with E-state index in [0.29, 0.717) is 11.2 Å². The summed E-state index contributed by atoms with van der Waals surface area (Å²) in [6.45, 7) is 0. The van der Waals surface area contributed by atoms with Gasteiger partial charge in [0.25, 0.3) is 5.56 Å². The van der Waals surface area contributed by atoms with Crippen LogP contribution < -0.4 is 16.8 Å². The van der Waals surface area contributed by atoms with Crippen LogP contribution in [0.15, 0.2) is 11.1 Å². The molecule has 0 amide bonds. The van der Waals surface area contributed by atoms with Gasteiger partial charge in [-0.15, -0.1) is 0 Å². The second-order valence-corrected chi connectivity index (χ2v) is 2.59. The van der Waals surface area contributed by atoms with Crippen LogP contribution in [0, 0.1) is 0 Å². The maximum Gasteiger partial charge on any atom is 0.280 e. The number of nitrogens with zero attached hydrogens (tertiary/aromatic N) is 3. The first-order valence-electron chi connectivity index (χ1n) is 3.60. The predicted octanol–water partition coefficient (Wildman–Crippen LogP) is -1.06. The number of aromatic nitrogens is 4. The largest absolute Gasteiger partial charge is 0.318 e. The molecule has 0 aliphatic carbocycles. The lowest BCUT2D eigenvalue weighted by Gasteiger charge is -1.98. The van der Waals surface area contributed by atoms with Crippen molar-refractivity contribution < 1.29 is 0 Å². The van der Waals surface area contributed by atoms with Gasteiger partial charge in [0.05, 0.1) is 6.33 Å². The van der Waals surface area contributed by atoms with E-state index in [4.69, 9.17) is 5.84 Å². The minimum atomic E-state index is -0.307. The maximum atomic E-state index is 11.3. The van der Waals surface area contributed by atoms with Crippen molar-refractivity contribution in [3.63, 3.8) is 0 Å². The number of imidazole rings is 1. The molecule has 0 spiro atoms. The summed E-state index contributed by atoms with van der Waals surface area (Å²) in [5, 5.41) is 0. The number of hydrogen-bond donors (Lipinski definition) is 3. The number of aromatic amines is 1. The number of anilines is 1. The summed E-state index contributed by atoms with van der Waals surface area (Å²) in [7, 11) is 1.75. The maximum absolute atomic E-state index is 11.3. The summed E-state index contributed by atoms with van der Waals surface area (Å²) < 4.78 is 1.64. The van der Waals surface area contributed by atoms with Crippen LogP contribution in [0.25, 0.3) is 11.2 Å². The SMILES string of the molecule is Cn1cnc2c(=O)[nH]c(NN)nc21. The fourth-order valence-corrected chi connectivity index (χ4v) is 1.08. The number of aryl methyl sites for hydroxylation is 1. The molecule has 0 bridgehead atoms. The van der Waals surface area contributed by atoms with E-state index in [-0.39, 0.29) is 11.5 Å². The van der Waals surface area contributed by atoms with E-state index in [1.165, 1.54) is 6.33 Å². The summed E-state index contributed by atoms with van der Waals surface area (Å²) >= 11 is 0. The lowest BCUT2D eigenvalue weighted by molar-refractivity contribution is 0.927. The summed E-state index contributed by atoms with van der Waals surface area (Å²) in [5.41, 5.74) is 2.77. The molecule has 0 saturated heterocycles. The van der Waals surface area contributed by atoms with Crippen LogP contribution in [-0.4, -0.2) is 19.5 Å². The Hall–Kier alpha value is -1.89. The van der Waals surface area contributed by atoms with Crippen molar-refractivity contribution in [1.29, 1.82) is 0 Å². The second kappa shape index (κ2) is 2.56. The van der Waals surface area contributed by atoms with Crippen LogP contribution in [0.1, 0.15) is 0 Å². The predicted molar refractivity (Wildman–Crippen MR) is 46.9 cm³/mol. The normalized spacial score (nSPS) is 10.6. The third kappa shape index (κ3) is 1.05. The molecule has 0 radical (unpaired) electrons. The average Bonchev–Trinajstić information content (AvgIpc) is 2.48. The van der Waals surface area contributed by atoms with Gasteiger partial charge in [0.15, 0.2) is 11.2 Å². The van der Waals surface area contributed by atoms with Crippen LogP contribution in [-0.2, 0) is 7.05 Å². The number of nitrogen functional groups attached to an aromatic ring is 1. The molecule has 7 nitrogen and oxygen atoms in total. The van der Waals surface area contributed by atoms with Gasteiger partial charge in [0.1, 0.15) is 0 Å². The molecule has 0 aliphatic heterocycles. The summed E-state index contributed by atoms with van der Waals surface area (Å²) in [6, 6.07) is 0. The molecular formula is C6H8N6O. The van der Waals surface area contributed by atoms with E-state index in [2.05, 4.69) is 20.4 Å². The molecule has 0 fully saturated rings. The van der Waals surface area contributed by atoms with E-state index in [9.17, 15) is 4.79 Å². The van der Waals surface area contributed by atoms with Crippen molar-refractivity contribution in [3.05, 3.63) is 16.7 Å². The molecule has 0 aromatic carbocycles. The van der Waals surface area contributed by atoms with Crippen molar-refractivity contribution in [2.45, 2.75) is 0 Å². The zero-order valence-electron chi connectivity index (χ0n) is 6.90. The van der Waals surface area contributed by atoms with Gasteiger partial charge in [-0.1, -0.05) is 0 Å². The molecular weight excluding hydrogens is 172 g/mol. The Labute approximate surface area is 72.6 Å². The molecule has 2 rings (SSSR count). The monoisotopic (exact) mass is 180 g/mol. The van der Waals surface area contributed by atoms with Gasteiger partial charge >= 0.3 is 0 Å². The molecule has 2 heterocycles. The Morgan fingerprint density at radius 3 is 3.15 bits per heavy atom. The molecule has 2 aromatic heterocycles. The molecule has 0 atom stereocenters. The van der Waals surface area contributed by atoms with Crippen LogP contribution >= 0.6 is 0 Å². The number of hydrazine groups is 1. The smallest absolute Gasteiger partial charge is 0.280 e. The molecule has 2 aromatic rings. The van der Waals surface area contributed by atoms with Crippen molar-refractivity contribution in [1.82, 2.24) is 19.5 Å². The summed E-state index contributed by atoms with van der Waals surface area (Å²) in [6.07, 6.45) is 1.52. The number of H-pyrrole nitrogens is 1. The highest BCUT2D eigenvalue weighted by Crippen LogP contribution is 2.04. The third-order valence-corrected chi connectivity index (χ3v) is 1.71. The van der Waals surface area contributed by atoms with Gasteiger partial charge in [-0.3, -0.25) is 15.2 Å². The van der Waals surface area contributed by atoms with Gasteiger partial charge in [-0.25, -0.2) is 10.8 Å². The Bertz CT molecular complexity index is 497. The molecule has 68 valence electrons. The number of nitrogens with one attached hydrogen (secondary N) is 2. The zero-order valence-corrected chi connectivity index (χ0v) is 6.90. The Kier molecular flexibility index (Phi) is 1.52. The average molecular weight is 180 g/mol. The van der Waals surface area contributed by atoms with E-state index in [1.54, 1.807) is 11.6 Å². The highest BCUT2D eigenvalue weighted by molar-refractivity contribution is 5.70. The van der Waals surface area contributed by atoms with Crippen molar-refractivity contribution >= 4 is 17.1 Å². The minimum absolute atomic E-state index is 0.223. The highest BCUT2D eigenvalue weighted by Gasteiger charge is 2.06. The lowest BCUT2D eigenvalue weighted by Crippen LogP contribution is -2.17. The van der Waals surface area contributed by atoms with Gasteiger partial charge in [0.2, 0.25) is 5.95 Å². The van der Waals surface area contributed by atoms with Crippen LogP contribution in [0.4, 0.5) is 5.95 Å². The first-order valence-corrected chi connectivity index (χ1v) is 3.60. The van der Waals surface area contributed by atoms with Crippen LogP contribution in [0.5, 0.6) is 0 Å². The fraction of sp³-hybridized carbons (Fsp3) is 0.167. The summed E-state index contributed by atoms with van der Waals surface area (Å²) in [5.74, 6) is 5.34. The number of nitrogens with two attached hydrogens (primary N) is 1. The van der Waals surface area contributed by atoms with Crippen molar-refractivity contribution in [2.24, 2.45) is 12.9 Å². The van der Waals surface area contributed by atoms with Crippen LogP contribution in [0.2, 0.25) is 0 Å². The quantitative estimate of drug-likeness (QED) is 0.383. The van der Waals surface area contributed by atoms with E-state index in [1.807, 2.05) is 0 Å². The standard InChI is InChI=1S/C6H8N6O/c1-12-2-8-3-4(12)9-6(11-7)10-5(3)13/h2H,7H2,1H3,(H2,9,10,11,13). The van der Waals surface area contributed by atoms with E-state index in [0.717, 1.165) is 0 Å². The Morgan fingerprint density at radius 2 is 2.46 bits per heavy atom. The zero-order chi connectivity index (χ0) is 9.42.